The third-order valence-electron chi connectivity index (χ3n) is 3.20. The van der Waals surface area contributed by atoms with Gasteiger partial charge in [0.05, 0.1) is 18.8 Å². The molecule has 0 radical (unpaired) electrons. The van der Waals surface area contributed by atoms with E-state index in [4.69, 9.17) is 0 Å². The van der Waals surface area contributed by atoms with Gasteiger partial charge >= 0.3 is 5.69 Å². The normalized spacial score (nSPS) is 12.7. The van der Waals surface area contributed by atoms with Gasteiger partial charge in [0.1, 0.15) is 0 Å². The van der Waals surface area contributed by atoms with E-state index in [9.17, 15) is 9.90 Å². The van der Waals surface area contributed by atoms with Crippen molar-refractivity contribution in [2.45, 2.75) is 19.6 Å². The minimum atomic E-state index is -0.772. The minimum Gasteiger partial charge on any atom is -0.386 e. The number of rotatable bonds is 3. The van der Waals surface area contributed by atoms with Crippen LogP contribution in [0.1, 0.15) is 17.2 Å². The lowest BCUT2D eigenvalue weighted by atomic mass is 10.1. The molecule has 6 nitrogen and oxygen atoms in total. The van der Waals surface area contributed by atoms with E-state index in [0.717, 1.165) is 11.1 Å². The van der Waals surface area contributed by atoms with Gasteiger partial charge in [-0.1, -0.05) is 29.8 Å². The first-order chi connectivity index (χ1) is 9.65. The third kappa shape index (κ3) is 2.21. The Balaban J connectivity index is 1.91. The van der Waals surface area contributed by atoms with Crippen molar-refractivity contribution in [2.75, 3.05) is 0 Å². The molecule has 0 spiro atoms. The standard InChI is InChI=1S/C14H14N4O2/c1-10-2-4-11(5-3-10)12(19)9-18-14(20)17-7-6-15-8-13(17)16-18/h2-8,12,19H,9H2,1H3. The van der Waals surface area contributed by atoms with Gasteiger partial charge in [0.15, 0.2) is 5.65 Å². The molecule has 0 saturated carbocycles. The van der Waals surface area contributed by atoms with Crippen LogP contribution < -0.4 is 5.69 Å². The van der Waals surface area contributed by atoms with Crippen LogP contribution in [0.5, 0.6) is 0 Å². The Morgan fingerprint density at radius 1 is 1.30 bits per heavy atom. The number of aryl methyl sites for hydroxylation is 1. The van der Waals surface area contributed by atoms with E-state index < -0.39 is 6.10 Å². The number of aliphatic hydroxyl groups is 1. The summed E-state index contributed by atoms with van der Waals surface area (Å²) in [5.41, 5.74) is 2.07. The Hall–Kier alpha value is -2.47. The zero-order chi connectivity index (χ0) is 14.1. The van der Waals surface area contributed by atoms with Gasteiger partial charge in [0.2, 0.25) is 0 Å². The second kappa shape index (κ2) is 4.90. The maximum atomic E-state index is 12.1. The largest absolute Gasteiger partial charge is 0.386 e. The van der Waals surface area contributed by atoms with Crippen molar-refractivity contribution in [3.8, 4) is 0 Å². The molecule has 0 aliphatic heterocycles. The maximum absolute atomic E-state index is 12.1. The molecular weight excluding hydrogens is 256 g/mol. The van der Waals surface area contributed by atoms with Crippen LogP contribution in [0.25, 0.3) is 5.65 Å². The topological polar surface area (TPSA) is 72.4 Å². The molecule has 2 aromatic heterocycles. The lowest BCUT2D eigenvalue weighted by molar-refractivity contribution is 0.150. The number of hydrogen-bond donors (Lipinski definition) is 1. The Morgan fingerprint density at radius 2 is 2.05 bits per heavy atom. The fourth-order valence-electron chi connectivity index (χ4n) is 2.06. The molecule has 0 saturated heterocycles. The molecule has 0 fully saturated rings. The molecule has 1 unspecified atom stereocenters. The second-order valence-corrected chi connectivity index (χ2v) is 4.70. The van der Waals surface area contributed by atoms with Crippen LogP contribution in [-0.4, -0.2) is 24.3 Å². The van der Waals surface area contributed by atoms with Crippen molar-refractivity contribution in [1.29, 1.82) is 0 Å². The summed E-state index contributed by atoms with van der Waals surface area (Å²) in [6.45, 7) is 2.10. The summed E-state index contributed by atoms with van der Waals surface area (Å²) in [6.07, 6.45) is 3.82. The highest BCUT2D eigenvalue weighted by Gasteiger charge is 2.13. The van der Waals surface area contributed by atoms with Gasteiger partial charge in [-0.15, -0.1) is 5.10 Å². The van der Waals surface area contributed by atoms with Crippen LogP contribution in [0.15, 0.2) is 47.7 Å². The average molecular weight is 270 g/mol. The van der Waals surface area contributed by atoms with E-state index in [2.05, 4.69) is 10.1 Å². The second-order valence-electron chi connectivity index (χ2n) is 4.70. The van der Waals surface area contributed by atoms with Crippen LogP contribution >= 0.6 is 0 Å². The molecule has 3 aromatic rings. The van der Waals surface area contributed by atoms with E-state index in [0.29, 0.717) is 5.65 Å². The summed E-state index contributed by atoms with van der Waals surface area (Å²) >= 11 is 0. The summed E-state index contributed by atoms with van der Waals surface area (Å²) in [6, 6.07) is 7.55. The SMILES string of the molecule is Cc1ccc(C(O)Cn2nc3cnccn3c2=O)cc1. The first-order valence-corrected chi connectivity index (χ1v) is 6.29. The van der Waals surface area contributed by atoms with Gasteiger partial charge in [-0.05, 0) is 12.5 Å². The van der Waals surface area contributed by atoms with Gasteiger partial charge in [0.25, 0.3) is 0 Å². The molecule has 0 bridgehead atoms. The van der Waals surface area contributed by atoms with Crippen LogP contribution in [-0.2, 0) is 6.54 Å². The first-order valence-electron chi connectivity index (χ1n) is 6.29. The van der Waals surface area contributed by atoms with Crippen LogP contribution in [0.4, 0.5) is 0 Å². The fourth-order valence-corrected chi connectivity index (χ4v) is 2.06. The number of nitrogens with zero attached hydrogens (tertiary/aromatic N) is 4. The van der Waals surface area contributed by atoms with Gasteiger partial charge in [-0.3, -0.25) is 4.98 Å². The Kier molecular flexibility index (Phi) is 3.08. The van der Waals surface area contributed by atoms with Gasteiger partial charge in [0, 0.05) is 12.4 Å². The van der Waals surface area contributed by atoms with E-state index in [-0.39, 0.29) is 12.2 Å². The van der Waals surface area contributed by atoms with Gasteiger partial charge in [-0.2, -0.15) is 0 Å². The van der Waals surface area contributed by atoms with Crippen LogP contribution in [0.3, 0.4) is 0 Å². The molecule has 6 heteroatoms. The smallest absolute Gasteiger partial charge is 0.350 e. The Morgan fingerprint density at radius 3 is 2.75 bits per heavy atom. The number of fused-ring (bicyclic) bond motifs is 1. The van der Waals surface area contributed by atoms with E-state index >= 15 is 0 Å². The number of benzene rings is 1. The van der Waals surface area contributed by atoms with Crippen molar-refractivity contribution in [3.05, 3.63) is 64.5 Å². The summed E-state index contributed by atoms with van der Waals surface area (Å²) in [5.74, 6) is 0. The number of aromatic nitrogens is 4. The Labute approximate surface area is 114 Å². The van der Waals surface area contributed by atoms with Crippen LogP contribution in [0, 0.1) is 6.92 Å². The minimum absolute atomic E-state index is 0.115. The summed E-state index contributed by atoms with van der Waals surface area (Å²) in [7, 11) is 0. The van der Waals surface area contributed by atoms with Crippen molar-refractivity contribution in [1.82, 2.24) is 19.2 Å². The summed E-state index contributed by atoms with van der Waals surface area (Å²) in [5, 5.41) is 14.3. The third-order valence-corrected chi connectivity index (χ3v) is 3.20. The van der Waals surface area contributed by atoms with Gasteiger partial charge < -0.3 is 5.11 Å². The molecule has 102 valence electrons. The highest BCUT2D eigenvalue weighted by Crippen LogP contribution is 2.14. The molecule has 0 aliphatic rings. The van der Waals surface area contributed by atoms with Crippen molar-refractivity contribution >= 4 is 5.65 Å². The molecule has 0 amide bonds. The lowest BCUT2D eigenvalue weighted by Gasteiger charge is -2.10. The predicted octanol–water partition coefficient (Wildman–Crippen LogP) is 0.933. The van der Waals surface area contributed by atoms with Crippen LogP contribution in [0.2, 0.25) is 0 Å². The lowest BCUT2D eigenvalue weighted by Crippen LogP contribution is -2.24. The fraction of sp³-hybridized carbons (Fsp3) is 0.214. The zero-order valence-electron chi connectivity index (χ0n) is 11.0. The monoisotopic (exact) mass is 270 g/mol. The predicted molar refractivity (Wildman–Crippen MR) is 73.4 cm³/mol. The summed E-state index contributed by atoms with van der Waals surface area (Å²) in [4.78, 5) is 16.0. The van der Waals surface area contributed by atoms with E-state index in [1.807, 2.05) is 31.2 Å². The van der Waals surface area contributed by atoms with E-state index in [1.165, 1.54) is 21.5 Å². The molecule has 1 atom stereocenters. The molecule has 1 N–H and O–H groups in total. The molecule has 1 aromatic carbocycles. The quantitative estimate of drug-likeness (QED) is 0.768. The zero-order valence-corrected chi connectivity index (χ0v) is 11.0. The molecule has 20 heavy (non-hydrogen) atoms. The highest BCUT2D eigenvalue weighted by molar-refractivity contribution is 5.32. The number of aliphatic hydroxyl groups excluding tert-OH is 1. The molecule has 3 rings (SSSR count). The average Bonchev–Trinajstić information content (AvgIpc) is 2.77. The van der Waals surface area contributed by atoms with Gasteiger partial charge in [-0.25, -0.2) is 13.9 Å². The highest BCUT2D eigenvalue weighted by atomic mass is 16.3. The number of hydrogen-bond acceptors (Lipinski definition) is 4. The molecular formula is C14H14N4O2. The molecule has 0 aliphatic carbocycles. The molecule has 2 heterocycles. The van der Waals surface area contributed by atoms with Crippen molar-refractivity contribution in [3.63, 3.8) is 0 Å². The maximum Gasteiger partial charge on any atom is 0.350 e. The first kappa shape index (κ1) is 12.6. The Bertz CT molecular complexity index is 789. The van der Waals surface area contributed by atoms with Crippen molar-refractivity contribution in [2.24, 2.45) is 0 Å². The summed E-state index contributed by atoms with van der Waals surface area (Å²) < 4.78 is 2.65. The van der Waals surface area contributed by atoms with Crippen molar-refractivity contribution < 1.29 is 5.11 Å². The van der Waals surface area contributed by atoms with E-state index in [1.54, 1.807) is 6.20 Å².